The smallest absolute Gasteiger partial charge is 0.321 e. The van der Waals surface area contributed by atoms with Crippen LogP contribution in [0.4, 0.5) is 10.5 Å². The summed E-state index contributed by atoms with van der Waals surface area (Å²) in [6.45, 7) is 7.94. The van der Waals surface area contributed by atoms with Gasteiger partial charge in [0.25, 0.3) is 0 Å². The number of nitrogens with one attached hydrogen (secondary N) is 3. The van der Waals surface area contributed by atoms with E-state index in [1.165, 1.54) is 0 Å². The van der Waals surface area contributed by atoms with E-state index >= 15 is 0 Å². The van der Waals surface area contributed by atoms with Crippen LogP contribution < -0.4 is 16.0 Å². The topological polar surface area (TPSA) is 96.3 Å². The molecule has 0 saturated carbocycles. The van der Waals surface area contributed by atoms with Gasteiger partial charge in [-0.25, -0.2) is 9.78 Å². The van der Waals surface area contributed by atoms with Crippen molar-refractivity contribution in [3.8, 4) is 0 Å². The average molecular weight is 318 g/mol. The molecule has 0 aliphatic carbocycles. The van der Waals surface area contributed by atoms with Crippen LogP contribution in [0.3, 0.4) is 0 Å². The van der Waals surface area contributed by atoms with Gasteiger partial charge >= 0.3 is 6.03 Å². The minimum atomic E-state index is -0.565. The van der Waals surface area contributed by atoms with Crippen LogP contribution in [0.5, 0.6) is 0 Å². The van der Waals surface area contributed by atoms with Gasteiger partial charge in [0.05, 0.1) is 0 Å². The van der Waals surface area contributed by atoms with Crippen molar-refractivity contribution in [2.75, 3.05) is 11.9 Å². The molecule has 1 heterocycles. The molecular formula is C16H22N4O3. The SMILES string of the molecule is Cc1nc2cc(NC(C)C(=O)NC(=O)NCC(C)C)ccc2o1. The largest absolute Gasteiger partial charge is 0.441 e. The lowest BCUT2D eigenvalue weighted by atomic mass is 10.2. The molecule has 0 saturated heterocycles. The van der Waals surface area contributed by atoms with Crippen LogP contribution in [0.25, 0.3) is 11.1 Å². The van der Waals surface area contributed by atoms with Gasteiger partial charge in [-0.15, -0.1) is 0 Å². The van der Waals surface area contributed by atoms with Crippen molar-refractivity contribution in [3.05, 3.63) is 24.1 Å². The van der Waals surface area contributed by atoms with Crippen LogP contribution in [0.1, 0.15) is 26.7 Å². The lowest BCUT2D eigenvalue weighted by Crippen LogP contribution is -2.46. The van der Waals surface area contributed by atoms with E-state index in [0.29, 0.717) is 23.9 Å². The average Bonchev–Trinajstić information content (AvgIpc) is 2.84. The Balaban J connectivity index is 1.92. The number of rotatable bonds is 5. The molecule has 0 radical (unpaired) electrons. The van der Waals surface area contributed by atoms with Crippen LogP contribution in [-0.4, -0.2) is 29.5 Å². The molecule has 7 heteroatoms. The fraction of sp³-hybridized carbons (Fsp3) is 0.438. The number of hydrogen-bond acceptors (Lipinski definition) is 5. The molecule has 7 nitrogen and oxygen atoms in total. The molecule has 0 bridgehead atoms. The number of oxazole rings is 1. The Morgan fingerprint density at radius 3 is 2.70 bits per heavy atom. The summed E-state index contributed by atoms with van der Waals surface area (Å²) in [5, 5.41) is 7.99. The second-order valence-corrected chi connectivity index (χ2v) is 5.87. The van der Waals surface area contributed by atoms with Crippen molar-refractivity contribution < 1.29 is 14.0 Å². The minimum Gasteiger partial charge on any atom is -0.441 e. The zero-order valence-corrected chi connectivity index (χ0v) is 13.8. The Bertz CT molecular complexity index is 708. The highest BCUT2D eigenvalue weighted by Crippen LogP contribution is 2.20. The molecule has 0 fully saturated rings. The van der Waals surface area contributed by atoms with Crippen molar-refractivity contribution in [1.29, 1.82) is 0 Å². The number of benzene rings is 1. The van der Waals surface area contributed by atoms with Crippen LogP contribution in [0.15, 0.2) is 22.6 Å². The lowest BCUT2D eigenvalue weighted by molar-refractivity contribution is -0.120. The lowest BCUT2D eigenvalue weighted by Gasteiger charge is -2.15. The third kappa shape index (κ3) is 4.70. The van der Waals surface area contributed by atoms with Crippen molar-refractivity contribution in [1.82, 2.24) is 15.6 Å². The standard InChI is InChI=1S/C16H22N4O3/c1-9(2)8-17-16(22)20-15(21)10(3)18-12-5-6-14-13(7-12)19-11(4)23-14/h5-7,9-10,18H,8H2,1-4H3,(H2,17,20,21,22). The summed E-state index contributed by atoms with van der Waals surface area (Å²) in [5.41, 5.74) is 2.14. The maximum atomic E-state index is 12.0. The summed E-state index contributed by atoms with van der Waals surface area (Å²) >= 11 is 0. The molecule has 2 rings (SSSR count). The Morgan fingerprint density at radius 1 is 1.26 bits per heavy atom. The Kier molecular flexibility index (Phi) is 5.20. The van der Waals surface area contributed by atoms with Gasteiger partial charge < -0.3 is 15.1 Å². The number of anilines is 1. The zero-order chi connectivity index (χ0) is 17.0. The van der Waals surface area contributed by atoms with Crippen LogP contribution in [0.2, 0.25) is 0 Å². The summed E-state index contributed by atoms with van der Waals surface area (Å²) in [5.74, 6) is 0.511. The van der Waals surface area contributed by atoms with E-state index in [0.717, 1.165) is 11.2 Å². The monoisotopic (exact) mass is 318 g/mol. The first-order valence-corrected chi connectivity index (χ1v) is 7.57. The van der Waals surface area contributed by atoms with Gasteiger partial charge in [-0.3, -0.25) is 10.1 Å². The predicted octanol–water partition coefficient (Wildman–Crippen LogP) is 2.42. The van der Waals surface area contributed by atoms with Crippen molar-refractivity contribution in [3.63, 3.8) is 0 Å². The van der Waals surface area contributed by atoms with Crippen LogP contribution in [0, 0.1) is 12.8 Å². The summed E-state index contributed by atoms with van der Waals surface area (Å²) in [4.78, 5) is 27.8. The molecule has 23 heavy (non-hydrogen) atoms. The maximum Gasteiger partial charge on any atom is 0.321 e. The first-order chi connectivity index (χ1) is 10.8. The van der Waals surface area contributed by atoms with Gasteiger partial charge in [-0.05, 0) is 31.0 Å². The molecule has 1 atom stereocenters. The quantitative estimate of drug-likeness (QED) is 0.787. The second-order valence-electron chi connectivity index (χ2n) is 5.87. The third-order valence-electron chi connectivity index (χ3n) is 3.18. The molecular weight excluding hydrogens is 296 g/mol. The summed E-state index contributed by atoms with van der Waals surface area (Å²) in [6, 6.07) is 4.34. The normalized spacial score (nSPS) is 12.2. The van der Waals surface area contributed by atoms with E-state index in [2.05, 4.69) is 20.9 Å². The molecule has 0 aliphatic rings. The Labute approximate surface area is 134 Å². The number of amides is 3. The number of fused-ring (bicyclic) bond motifs is 1. The zero-order valence-electron chi connectivity index (χ0n) is 13.8. The molecule has 124 valence electrons. The van der Waals surface area contributed by atoms with E-state index in [1.807, 2.05) is 13.8 Å². The number of carbonyl (C=O) groups excluding carboxylic acids is 2. The predicted molar refractivity (Wildman–Crippen MR) is 88.2 cm³/mol. The van der Waals surface area contributed by atoms with E-state index in [1.54, 1.807) is 32.0 Å². The van der Waals surface area contributed by atoms with Gasteiger partial charge in [-0.2, -0.15) is 0 Å². The van der Waals surface area contributed by atoms with Crippen LogP contribution >= 0.6 is 0 Å². The van der Waals surface area contributed by atoms with E-state index in [-0.39, 0.29) is 0 Å². The van der Waals surface area contributed by atoms with E-state index < -0.39 is 18.0 Å². The first kappa shape index (κ1) is 16.8. The maximum absolute atomic E-state index is 12.0. The number of nitrogens with zero attached hydrogens (tertiary/aromatic N) is 1. The highest BCUT2D eigenvalue weighted by Gasteiger charge is 2.16. The molecule has 1 aromatic carbocycles. The molecule has 1 unspecified atom stereocenters. The summed E-state index contributed by atoms with van der Waals surface area (Å²) in [6.07, 6.45) is 0. The molecule has 0 aliphatic heterocycles. The summed E-state index contributed by atoms with van der Waals surface area (Å²) in [7, 11) is 0. The number of carbonyl (C=O) groups is 2. The molecule has 1 aromatic heterocycles. The van der Waals surface area contributed by atoms with Gasteiger partial charge in [0.15, 0.2) is 11.5 Å². The third-order valence-corrected chi connectivity index (χ3v) is 3.18. The highest BCUT2D eigenvalue weighted by atomic mass is 16.3. The van der Waals surface area contributed by atoms with E-state index in [9.17, 15) is 9.59 Å². The number of aromatic nitrogens is 1. The molecule has 3 amide bonds. The summed E-state index contributed by atoms with van der Waals surface area (Å²) < 4.78 is 5.40. The van der Waals surface area contributed by atoms with Crippen molar-refractivity contribution in [2.24, 2.45) is 5.92 Å². The van der Waals surface area contributed by atoms with Crippen molar-refractivity contribution in [2.45, 2.75) is 33.7 Å². The number of imide groups is 1. The number of hydrogen-bond donors (Lipinski definition) is 3. The van der Waals surface area contributed by atoms with Crippen LogP contribution in [-0.2, 0) is 4.79 Å². The van der Waals surface area contributed by atoms with Gasteiger partial charge in [-0.1, -0.05) is 13.8 Å². The van der Waals surface area contributed by atoms with Gasteiger partial charge in [0.1, 0.15) is 11.6 Å². The van der Waals surface area contributed by atoms with E-state index in [4.69, 9.17) is 4.42 Å². The highest BCUT2D eigenvalue weighted by molar-refractivity contribution is 5.98. The number of aryl methyl sites for hydroxylation is 1. The Hall–Kier alpha value is -2.57. The first-order valence-electron chi connectivity index (χ1n) is 7.57. The Morgan fingerprint density at radius 2 is 2.00 bits per heavy atom. The number of urea groups is 1. The fourth-order valence-corrected chi connectivity index (χ4v) is 2.01. The minimum absolute atomic E-state index is 0.323. The molecule has 0 spiro atoms. The fourth-order valence-electron chi connectivity index (χ4n) is 2.01. The van der Waals surface area contributed by atoms with Gasteiger partial charge in [0, 0.05) is 19.2 Å². The van der Waals surface area contributed by atoms with Gasteiger partial charge in [0.2, 0.25) is 5.91 Å². The van der Waals surface area contributed by atoms with Crippen molar-refractivity contribution >= 4 is 28.7 Å². The molecule has 3 N–H and O–H groups in total. The molecule has 2 aromatic rings. The second kappa shape index (κ2) is 7.13.